The van der Waals surface area contributed by atoms with Gasteiger partial charge in [-0.05, 0) is 34.0 Å². The molecule has 1 saturated heterocycles. The van der Waals surface area contributed by atoms with Gasteiger partial charge in [-0.25, -0.2) is 9.78 Å². The largest absolute Gasteiger partial charge is 0.383 e. The number of hydrogen-bond acceptors (Lipinski definition) is 4. The molecule has 0 spiro atoms. The first-order valence-electron chi connectivity index (χ1n) is 7.92. The molecule has 6 nitrogen and oxygen atoms in total. The number of nitrogens with zero attached hydrogens (tertiary/aromatic N) is 3. The van der Waals surface area contributed by atoms with Gasteiger partial charge >= 0.3 is 6.03 Å². The van der Waals surface area contributed by atoms with Crippen molar-refractivity contribution in [2.24, 2.45) is 5.92 Å². The molecule has 0 aromatic carbocycles. The number of nitrogens with one attached hydrogen (secondary N) is 1. The predicted octanol–water partition coefficient (Wildman–Crippen LogP) is 2.35. The maximum atomic E-state index is 12.4. The lowest BCUT2D eigenvalue weighted by Gasteiger charge is -2.36. The molecule has 2 amide bonds. The van der Waals surface area contributed by atoms with E-state index >= 15 is 0 Å². The quantitative estimate of drug-likeness (QED) is 0.846. The number of amides is 2. The van der Waals surface area contributed by atoms with Crippen LogP contribution in [0.2, 0.25) is 0 Å². The number of aromatic nitrogens is 1. The van der Waals surface area contributed by atoms with Crippen molar-refractivity contribution in [1.29, 1.82) is 0 Å². The molecule has 23 heavy (non-hydrogen) atoms. The van der Waals surface area contributed by atoms with E-state index in [1.54, 1.807) is 13.3 Å². The van der Waals surface area contributed by atoms with Crippen molar-refractivity contribution in [3.05, 3.63) is 22.8 Å². The van der Waals surface area contributed by atoms with Gasteiger partial charge in [-0.2, -0.15) is 0 Å². The van der Waals surface area contributed by atoms with Gasteiger partial charge < -0.3 is 19.9 Å². The second kappa shape index (κ2) is 8.49. The molecular formula is C16H25BrN4O2. The molecule has 0 saturated carbocycles. The average molecular weight is 385 g/mol. The number of methoxy groups -OCH3 is 1. The van der Waals surface area contributed by atoms with Gasteiger partial charge in [-0.3, -0.25) is 0 Å². The van der Waals surface area contributed by atoms with Crippen LogP contribution in [0.4, 0.5) is 10.6 Å². The van der Waals surface area contributed by atoms with Crippen molar-refractivity contribution in [2.75, 3.05) is 44.8 Å². The first-order chi connectivity index (χ1) is 11.0. The molecule has 0 bridgehead atoms. The van der Waals surface area contributed by atoms with Crippen molar-refractivity contribution >= 4 is 27.8 Å². The van der Waals surface area contributed by atoms with Gasteiger partial charge in [0.1, 0.15) is 5.82 Å². The summed E-state index contributed by atoms with van der Waals surface area (Å²) in [4.78, 5) is 20.9. The van der Waals surface area contributed by atoms with Crippen LogP contribution < -0.4 is 10.2 Å². The van der Waals surface area contributed by atoms with E-state index in [4.69, 9.17) is 4.74 Å². The number of halogens is 1. The lowest BCUT2D eigenvalue weighted by molar-refractivity contribution is 0.138. The lowest BCUT2D eigenvalue weighted by Crippen LogP contribution is -2.55. The Morgan fingerprint density at radius 2 is 2.04 bits per heavy atom. The van der Waals surface area contributed by atoms with Gasteiger partial charge in [-0.1, -0.05) is 13.8 Å². The van der Waals surface area contributed by atoms with Crippen LogP contribution in [0.3, 0.4) is 0 Å². The summed E-state index contributed by atoms with van der Waals surface area (Å²) >= 11 is 3.39. The van der Waals surface area contributed by atoms with Crippen LogP contribution in [0.25, 0.3) is 0 Å². The van der Waals surface area contributed by atoms with Gasteiger partial charge in [0.25, 0.3) is 0 Å². The summed E-state index contributed by atoms with van der Waals surface area (Å²) in [5.41, 5.74) is 0. The molecule has 1 aromatic rings. The molecule has 128 valence electrons. The first-order valence-corrected chi connectivity index (χ1v) is 8.71. The second-order valence-electron chi connectivity index (χ2n) is 6.06. The van der Waals surface area contributed by atoms with Crippen molar-refractivity contribution < 1.29 is 9.53 Å². The van der Waals surface area contributed by atoms with E-state index in [-0.39, 0.29) is 12.1 Å². The van der Waals surface area contributed by atoms with Crippen molar-refractivity contribution in [3.63, 3.8) is 0 Å². The fourth-order valence-corrected chi connectivity index (χ4v) is 2.76. The van der Waals surface area contributed by atoms with Gasteiger partial charge in [-0.15, -0.1) is 0 Å². The summed E-state index contributed by atoms with van der Waals surface area (Å²) in [6.45, 7) is 7.68. The van der Waals surface area contributed by atoms with Gasteiger partial charge in [0.2, 0.25) is 0 Å². The van der Waals surface area contributed by atoms with Gasteiger partial charge in [0.05, 0.1) is 12.6 Å². The molecule has 0 radical (unpaired) electrons. The molecule has 2 heterocycles. The highest BCUT2D eigenvalue weighted by Gasteiger charge is 2.24. The zero-order valence-electron chi connectivity index (χ0n) is 14.0. The second-order valence-corrected chi connectivity index (χ2v) is 6.98. The van der Waals surface area contributed by atoms with Crippen LogP contribution in [0.5, 0.6) is 0 Å². The molecule has 1 aliphatic rings. The highest BCUT2D eigenvalue weighted by Crippen LogP contribution is 2.16. The van der Waals surface area contributed by atoms with E-state index in [1.165, 1.54) is 0 Å². The maximum absolute atomic E-state index is 12.4. The summed E-state index contributed by atoms with van der Waals surface area (Å²) < 4.78 is 6.15. The highest BCUT2D eigenvalue weighted by atomic mass is 79.9. The third-order valence-electron chi connectivity index (χ3n) is 4.06. The summed E-state index contributed by atoms with van der Waals surface area (Å²) in [5.74, 6) is 1.29. The Bertz CT molecular complexity index is 501. The minimum atomic E-state index is -0.0100. The molecule has 1 fully saturated rings. The van der Waals surface area contributed by atoms with Crippen molar-refractivity contribution in [2.45, 2.75) is 19.9 Å². The van der Waals surface area contributed by atoms with E-state index in [2.05, 4.69) is 45.0 Å². The fourth-order valence-electron chi connectivity index (χ4n) is 2.52. The monoisotopic (exact) mass is 384 g/mol. The predicted molar refractivity (Wildman–Crippen MR) is 94.8 cm³/mol. The fraction of sp³-hybridized carbons (Fsp3) is 0.625. The summed E-state index contributed by atoms with van der Waals surface area (Å²) in [7, 11) is 1.66. The van der Waals surface area contributed by atoms with Crippen LogP contribution in [0, 0.1) is 5.92 Å². The maximum Gasteiger partial charge on any atom is 0.317 e. The molecule has 1 aromatic heterocycles. The van der Waals surface area contributed by atoms with Crippen LogP contribution in [-0.4, -0.2) is 61.9 Å². The Morgan fingerprint density at radius 3 is 2.57 bits per heavy atom. The molecule has 1 atom stereocenters. The number of pyridine rings is 1. The van der Waals surface area contributed by atoms with E-state index in [9.17, 15) is 4.79 Å². The Labute approximate surface area is 146 Å². The van der Waals surface area contributed by atoms with Crippen LogP contribution in [-0.2, 0) is 4.74 Å². The topological polar surface area (TPSA) is 57.7 Å². The van der Waals surface area contributed by atoms with Crippen LogP contribution in [0.1, 0.15) is 13.8 Å². The van der Waals surface area contributed by atoms with Crippen LogP contribution in [0.15, 0.2) is 22.8 Å². The third-order valence-corrected chi connectivity index (χ3v) is 4.53. The number of anilines is 1. The Hall–Kier alpha value is -1.34. The Morgan fingerprint density at radius 1 is 1.35 bits per heavy atom. The van der Waals surface area contributed by atoms with Crippen LogP contribution >= 0.6 is 15.9 Å². The van der Waals surface area contributed by atoms with Crippen molar-refractivity contribution in [1.82, 2.24) is 15.2 Å². The zero-order valence-corrected chi connectivity index (χ0v) is 15.5. The molecular weight excluding hydrogens is 360 g/mol. The summed E-state index contributed by atoms with van der Waals surface area (Å²) in [6.07, 6.45) is 1.80. The average Bonchev–Trinajstić information content (AvgIpc) is 2.55. The minimum absolute atomic E-state index is 0.0100. The molecule has 7 heteroatoms. The highest BCUT2D eigenvalue weighted by molar-refractivity contribution is 9.10. The van der Waals surface area contributed by atoms with E-state index in [0.29, 0.717) is 25.6 Å². The van der Waals surface area contributed by atoms with E-state index in [1.807, 2.05) is 17.0 Å². The number of carbonyl (C=O) groups excluding carboxylic acids is 1. The van der Waals surface area contributed by atoms with Gasteiger partial charge in [0, 0.05) is 44.0 Å². The van der Waals surface area contributed by atoms with Gasteiger partial charge in [0.15, 0.2) is 0 Å². The van der Waals surface area contributed by atoms with E-state index in [0.717, 1.165) is 23.4 Å². The number of hydrogen-bond donors (Lipinski definition) is 1. The molecule has 2 rings (SSSR count). The number of piperazine rings is 1. The summed E-state index contributed by atoms with van der Waals surface area (Å²) in [5, 5.41) is 3.07. The zero-order chi connectivity index (χ0) is 16.8. The molecule has 0 unspecified atom stereocenters. The number of ether oxygens (including phenoxy) is 1. The smallest absolute Gasteiger partial charge is 0.317 e. The third kappa shape index (κ3) is 5.07. The molecule has 0 aliphatic carbocycles. The standard InChI is InChI=1S/C16H25BrN4O2/c1-12(2)14(11-23-3)19-16(22)21-8-6-20(7-9-21)15-5-4-13(17)10-18-15/h4-5,10,12,14H,6-9,11H2,1-3H3,(H,19,22)/t14-/m0/s1. The number of urea groups is 1. The van der Waals surface area contributed by atoms with E-state index < -0.39 is 0 Å². The Kier molecular flexibility index (Phi) is 6.65. The minimum Gasteiger partial charge on any atom is -0.383 e. The molecule has 1 N–H and O–H groups in total. The molecule has 1 aliphatic heterocycles. The SMILES string of the molecule is COC[C@H](NC(=O)N1CCN(c2ccc(Br)cn2)CC1)C(C)C. The number of carbonyl (C=O) groups is 1. The lowest BCUT2D eigenvalue weighted by atomic mass is 10.1. The Balaban J connectivity index is 1.85. The normalized spacial score (nSPS) is 16.6. The number of rotatable bonds is 5. The summed E-state index contributed by atoms with van der Waals surface area (Å²) in [6, 6.07) is 4.01. The first kappa shape index (κ1) is 18.0. The van der Waals surface area contributed by atoms with Crippen molar-refractivity contribution in [3.8, 4) is 0 Å².